The minimum absolute atomic E-state index is 0.217. The van der Waals surface area contributed by atoms with Crippen LogP contribution in [0, 0.1) is 68.0 Å². The molecule has 9 nitrogen and oxygen atoms in total. The molecule has 2 aromatic heterocycles. The second-order valence-electron chi connectivity index (χ2n) is 14.9. The highest BCUT2D eigenvalue weighted by atomic mass is 15.1. The second kappa shape index (κ2) is 15.0. The number of para-hydroxylation sites is 2. The van der Waals surface area contributed by atoms with Gasteiger partial charge in [0.1, 0.15) is 24.3 Å². The number of fused-ring (bicyclic) bond motifs is 6. The molecule has 0 amide bonds. The molecule has 9 heteroatoms. The summed E-state index contributed by atoms with van der Waals surface area (Å²) in [6.45, 7) is 0. The highest BCUT2D eigenvalue weighted by molar-refractivity contribution is 6.13. The fourth-order valence-electron chi connectivity index (χ4n) is 8.78. The minimum Gasteiger partial charge on any atom is -0.310 e. The van der Waals surface area contributed by atoms with Gasteiger partial charge in [-0.15, -0.1) is 0 Å². The van der Waals surface area contributed by atoms with E-state index in [4.69, 9.17) is 0 Å². The number of nitrogens with zero attached hydrogens (tertiary/aromatic N) is 9. The Labute approximate surface area is 361 Å². The van der Waals surface area contributed by atoms with Crippen LogP contribution in [0.4, 0.5) is 17.1 Å². The maximum atomic E-state index is 10.3. The molecule has 0 radical (unpaired) electrons. The average Bonchev–Trinajstić information content (AvgIpc) is 3.85. The highest BCUT2D eigenvalue weighted by Crippen LogP contribution is 2.44. The topological polar surface area (TPSA) is 156 Å². The second-order valence-corrected chi connectivity index (χ2v) is 14.9. The van der Waals surface area contributed by atoms with Gasteiger partial charge in [-0.2, -0.15) is 31.6 Å². The van der Waals surface area contributed by atoms with Crippen LogP contribution in [0.15, 0.2) is 164 Å². The fraction of sp³-hybridized carbons (Fsp3) is 0. The molecule has 0 bridgehead atoms. The quantitative estimate of drug-likeness (QED) is 0.162. The van der Waals surface area contributed by atoms with E-state index >= 15 is 0 Å². The van der Waals surface area contributed by atoms with E-state index in [0.717, 1.165) is 71.8 Å². The lowest BCUT2D eigenvalue weighted by atomic mass is 10.0. The molecule has 0 atom stereocenters. The van der Waals surface area contributed by atoms with Gasteiger partial charge in [0, 0.05) is 38.6 Å². The Morgan fingerprint density at radius 3 is 1.10 bits per heavy atom. The minimum atomic E-state index is 0.217. The summed E-state index contributed by atoms with van der Waals surface area (Å²) >= 11 is 0. The predicted molar refractivity (Wildman–Crippen MR) is 244 cm³/mol. The molecule has 63 heavy (non-hydrogen) atoms. The third kappa shape index (κ3) is 5.96. The first-order chi connectivity index (χ1) is 31.0. The molecule has 2 heterocycles. The zero-order chi connectivity index (χ0) is 43.2. The van der Waals surface area contributed by atoms with Crippen molar-refractivity contribution in [3.05, 3.63) is 197 Å². The third-order valence-corrected chi connectivity index (χ3v) is 11.5. The summed E-state index contributed by atoms with van der Waals surface area (Å²) in [4.78, 5) is 2.18. The van der Waals surface area contributed by atoms with E-state index in [0.29, 0.717) is 11.4 Å². The Morgan fingerprint density at radius 1 is 0.317 bits per heavy atom. The average molecular weight is 802 g/mol. The van der Waals surface area contributed by atoms with Crippen molar-refractivity contribution >= 4 is 60.7 Å². The van der Waals surface area contributed by atoms with Crippen molar-refractivity contribution in [1.82, 2.24) is 9.13 Å². The zero-order valence-electron chi connectivity index (χ0n) is 33.1. The van der Waals surface area contributed by atoms with Gasteiger partial charge in [0.25, 0.3) is 0 Å². The van der Waals surface area contributed by atoms with Gasteiger partial charge in [-0.3, -0.25) is 0 Å². The molecule has 10 rings (SSSR count). The molecule has 0 spiro atoms. The lowest BCUT2D eigenvalue weighted by molar-refractivity contribution is 1.15. The zero-order valence-corrected chi connectivity index (χ0v) is 33.1. The van der Waals surface area contributed by atoms with Crippen LogP contribution in [-0.2, 0) is 0 Å². The third-order valence-electron chi connectivity index (χ3n) is 11.5. The Hall–Kier alpha value is -9.90. The molecule has 0 aliphatic heterocycles. The Morgan fingerprint density at radius 2 is 0.683 bits per heavy atom. The summed E-state index contributed by atoms with van der Waals surface area (Å²) in [5, 5.41) is 64.2. The Balaban J connectivity index is 1.23. The number of anilines is 3. The molecule has 288 valence electrons. The van der Waals surface area contributed by atoms with E-state index in [2.05, 4.69) is 89.8 Å². The van der Waals surface area contributed by atoms with Crippen molar-refractivity contribution in [3.8, 4) is 58.9 Å². The molecule has 0 aliphatic carbocycles. The lowest BCUT2D eigenvalue weighted by Crippen LogP contribution is -2.10. The number of aromatic nitrogens is 2. The van der Waals surface area contributed by atoms with Crippen LogP contribution in [-0.4, -0.2) is 9.13 Å². The van der Waals surface area contributed by atoms with Gasteiger partial charge in [0.15, 0.2) is 0 Å². The maximum absolute atomic E-state index is 10.3. The summed E-state index contributed by atoms with van der Waals surface area (Å²) in [6.07, 6.45) is 0. The van der Waals surface area contributed by atoms with Gasteiger partial charge < -0.3 is 14.0 Å². The van der Waals surface area contributed by atoms with Crippen molar-refractivity contribution < 1.29 is 0 Å². The molecule has 0 saturated carbocycles. The number of rotatable bonds is 6. The van der Waals surface area contributed by atoms with E-state index in [1.165, 1.54) is 24.3 Å². The van der Waals surface area contributed by atoms with E-state index in [1.54, 1.807) is 0 Å². The monoisotopic (exact) mass is 801 g/mol. The van der Waals surface area contributed by atoms with Gasteiger partial charge in [-0.1, -0.05) is 78.9 Å². The summed E-state index contributed by atoms with van der Waals surface area (Å²) in [6, 6.07) is 65.7. The molecule has 0 unspecified atom stereocenters. The van der Waals surface area contributed by atoms with Crippen molar-refractivity contribution in [2.75, 3.05) is 4.90 Å². The van der Waals surface area contributed by atoms with Crippen LogP contribution in [0.25, 0.3) is 66.1 Å². The van der Waals surface area contributed by atoms with Crippen LogP contribution in [0.1, 0.15) is 33.4 Å². The number of hydrogen-bond acceptors (Lipinski definition) is 7. The van der Waals surface area contributed by atoms with E-state index in [9.17, 15) is 31.6 Å². The molecule has 0 N–H and O–H groups in total. The van der Waals surface area contributed by atoms with Gasteiger partial charge in [-0.25, -0.2) is 0 Å². The summed E-state index contributed by atoms with van der Waals surface area (Å²) in [5.41, 5.74) is 10.0. The molecule has 8 aromatic carbocycles. The molecule has 0 aliphatic rings. The predicted octanol–water partition coefficient (Wildman–Crippen LogP) is 12.2. The first kappa shape index (κ1) is 37.4. The van der Waals surface area contributed by atoms with Crippen molar-refractivity contribution in [2.24, 2.45) is 0 Å². The smallest absolute Gasteiger partial charge is 0.101 e. The largest absolute Gasteiger partial charge is 0.310 e. The first-order valence-corrected chi connectivity index (χ1v) is 19.8. The van der Waals surface area contributed by atoms with Gasteiger partial charge in [0.05, 0.1) is 79.0 Å². The standard InChI is InChI=1S/C54H27N9/c55-28-34-22-38(30-57)53(39(23-34)31-58)62-49-12-6-4-10-45(49)47-26-43(18-20-51(47)62)61(42-16-14-37(15-17-42)36-8-2-1-3-9-36)44-19-21-52-48(27-44)46-11-5-7-13-50(46)63(52)54-40(32-59)24-35(29-56)25-41(54)33-60/h1-27H. The Bertz CT molecular complexity index is 3530. The van der Waals surface area contributed by atoms with E-state index in [-0.39, 0.29) is 33.4 Å². The number of hydrogen-bond donors (Lipinski definition) is 0. The molecule has 0 saturated heterocycles. The summed E-state index contributed by atoms with van der Waals surface area (Å²) < 4.78 is 3.86. The summed E-state index contributed by atoms with van der Waals surface area (Å²) in [7, 11) is 0. The van der Waals surface area contributed by atoms with Crippen LogP contribution in [0.2, 0.25) is 0 Å². The van der Waals surface area contributed by atoms with Crippen molar-refractivity contribution in [2.45, 2.75) is 0 Å². The number of nitriles is 6. The van der Waals surface area contributed by atoms with Gasteiger partial charge >= 0.3 is 0 Å². The molecular formula is C54H27N9. The fourth-order valence-corrected chi connectivity index (χ4v) is 8.78. The number of benzene rings is 8. The summed E-state index contributed by atoms with van der Waals surface area (Å²) in [5.74, 6) is 0. The molecule has 10 aromatic rings. The van der Waals surface area contributed by atoms with Crippen molar-refractivity contribution in [3.63, 3.8) is 0 Å². The molecule has 0 fully saturated rings. The lowest BCUT2D eigenvalue weighted by Gasteiger charge is -2.26. The van der Waals surface area contributed by atoms with Gasteiger partial charge in [-0.05, 0) is 96.1 Å². The van der Waals surface area contributed by atoms with E-state index < -0.39 is 0 Å². The van der Waals surface area contributed by atoms with E-state index in [1.807, 2.05) is 100 Å². The SMILES string of the molecule is N#Cc1cc(C#N)c(-n2c3ccccc3c3cc(N(c4ccc(-c5ccccc5)cc4)c4ccc5c(c4)c4ccccc4n5-c4c(C#N)cc(C#N)cc4C#N)ccc32)c(C#N)c1. The normalized spacial score (nSPS) is 10.8. The Kier molecular flexibility index (Phi) is 8.92. The highest BCUT2D eigenvalue weighted by Gasteiger charge is 2.24. The van der Waals surface area contributed by atoms with Gasteiger partial charge in [0.2, 0.25) is 0 Å². The maximum Gasteiger partial charge on any atom is 0.101 e. The van der Waals surface area contributed by atoms with Crippen LogP contribution in [0.3, 0.4) is 0 Å². The first-order valence-electron chi connectivity index (χ1n) is 19.8. The van der Waals surface area contributed by atoms with Crippen LogP contribution in [0.5, 0.6) is 0 Å². The van der Waals surface area contributed by atoms with Crippen LogP contribution < -0.4 is 4.90 Å². The van der Waals surface area contributed by atoms with Crippen LogP contribution >= 0.6 is 0 Å². The van der Waals surface area contributed by atoms with Crippen molar-refractivity contribution in [1.29, 1.82) is 31.6 Å². The molecular weight excluding hydrogens is 775 g/mol.